The second-order valence-corrected chi connectivity index (χ2v) is 12.4. The van der Waals surface area contributed by atoms with Crippen LogP contribution in [0.25, 0.3) is 10.9 Å². The number of hydrogen-bond donors (Lipinski definition) is 3. The summed E-state index contributed by atoms with van der Waals surface area (Å²) in [5.41, 5.74) is 2.32. The Balaban J connectivity index is 1.97. The van der Waals surface area contributed by atoms with Crippen LogP contribution in [0.5, 0.6) is 5.75 Å². The standard InChI is InChI=1S/C22H26FN5O4S2/c1-13-9-16(27-33(3,4)30)11-18-20(13)21(25-12-24-18)26-17-8-7-15(23)10-19(17)32-14(2)22(29)28-34(5,6)31/h7-12,14H,3,5H2,1-2,4,6H3,(H,27,30)(H,24,25,26)(H,28,29,31)/t14-,33?,34?/m1/s1. The Hall–Kier alpha value is -3.38. The molecule has 0 aliphatic heterocycles. The van der Waals surface area contributed by atoms with Crippen molar-refractivity contribution < 1.29 is 22.3 Å². The maximum Gasteiger partial charge on any atom is 0.271 e. The normalized spacial score (nSPS) is 15.6. The summed E-state index contributed by atoms with van der Waals surface area (Å²) >= 11 is 0. The van der Waals surface area contributed by atoms with Crippen LogP contribution in [-0.2, 0) is 24.2 Å². The molecule has 0 bridgehead atoms. The lowest BCUT2D eigenvalue weighted by molar-refractivity contribution is -0.125. The molecule has 0 radical (unpaired) electrons. The lowest BCUT2D eigenvalue weighted by Crippen LogP contribution is -2.39. The Morgan fingerprint density at radius 1 is 1.12 bits per heavy atom. The number of carbonyl (C=O) groups is 1. The number of fused-ring (bicyclic) bond motifs is 1. The van der Waals surface area contributed by atoms with Crippen molar-refractivity contribution in [2.45, 2.75) is 20.0 Å². The Kier molecular flexibility index (Phi) is 7.03. The van der Waals surface area contributed by atoms with Crippen molar-refractivity contribution in [2.24, 2.45) is 0 Å². The van der Waals surface area contributed by atoms with Crippen molar-refractivity contribution in [1.82, 2.24) is 14.7 Å². The zero-order valence-electron chi connectivity index (χ0n) is 19.2. The average molecular weight is 508 g/mol. The summed E-state index contributed by atoms with van der Waals surface area (Å²) in [5, 5.41) is 3.80. The fourth-order valence-electron chi connectivity index (χ4n) is 3.16. The summed E-state index contributed by atoms with van der Waals surface area (Å²) in [6.45, 7) is 3.29. The van der Waals surface area contributed by atoms with Crippen LogP contribution < -0.4 is 19.5 Å². The number of benzene rings is 2. The number of nitrogens with one attached hydrogen (secondary N) is 3. The molecule has 0 fully saturated rings. The SMILES string of the molecule is C=S(C)(=O)NC(=O)[C@@H](C)Oc1cc(F)ccc1Nc1ncnc2cc(NS(=C)(C)=O)cc(C)c12. The van der Waals surface area contributed by atoms with Gasteiger partial charge in [0, 0.05) is 49.1 Å². The van der Waals surface area contributed by atoms with Gasteiger partial charge in [0.1, 0.15) is 23.7 Å². The maximum absolute atomic E-state index is 14.0. The Bertz CT molecular complexity index is 1470. The molecule has 0 spiro atoms. The van der Waals surface area contributed by atoms with Crippen LogP contribution in [0.15, 0.2) is 36.7 Å². The van der Waals surface area contributed by atoms with Gasteiger partial charge in [-0.1, -0.05) is 0 Å². The first kappa shape index (κ1) is 25.2. The Morgan fingerprint density at radius 2 is 1.82 bits per heavy atom. The number of halogens is 1. The molecule has 2 aromatic carbocycles. The van der Waals surface area contributed by atoms with E-state index in [0.29, 0.717) is 28.1 Å². The molecular formula is C22H26FN5O4S2. The number of aromatic nitrogens is 2. The van der Waals surface area contributed by atoms with Gasteiger partial charge in [0.15, 0.2) is 6.10 Å². The highest BCUT2D eigenvalue weighted by Gasteiger charge is 2.19. The van der Waals surface area contributed by atoms with Crippen LogP contribution >= 0.6 is 0 Å². The third-order valence-electron chi connectivity index (χ3n) is 4.46. The molecule has 0 saturated heterocycles. The van der Waals surface area contributed by atoms with Gasteiger partial charge in [-0.2, -0.15) is 0 Å². The zero-order chi connectivity index (χ0) is 25.3. The van der Waals surface area contributed by atoms with E-state index in [1.165, 1.54) is 37.9 Å². The van der Waals surface area contributed by atoms with Gasteiger partial charge in [-0.15, -0.1) is 0 Å². The van der Waals surface area contributed by atoms with Gasteiger partial charge in [0.05, 0.1) is 11.2 Å². The van der Waals surface area contributed by atoms with E-state index in [1.807, 2.05) is 6.92 Å². The highest BCUT2D eigenvalue weighted by molar-refractivity contribution is 8.00. The summed E-state index contributed by atoms with van der Waals surface area (Å²) in [7, 11) is -5.26. The van der Waals surface area contributed by atoms with Crippen molar-refractivity contribution >= 4 is 65.2 Å². The molecule has 182 valence electrons. The molecule has 3 rings (SSSR count). The van der Waals surface area contributed by atoms with E-state index >= 15 is 0 Å². The van der Waals surface area contributed by atoms with Gasteiger partial charge in [-0.05, 0) is 55.4 Å². The van der Waals surface area contributed by atoms with E-state index in [9.17, 15) is 17.6 Å². The van der Waals surface area contributed by atoms with Crippen LogP contribution in [0, 0.1) is 12.7 Å². The zero-order valence-corrected chi connectivity index (χ0v) is 20.8. The highest BCUT2D eigenvalue weighted by atomic mass is 32.2. The van der Waals surface area contributed by atoms with E-state index < -0.39 is 37.2 Å². The van der Waals surface area contributed by atoms with Crippen molar-refractivity contribution in [2.75, 3.05) is 22.6 Å². The summed E-state index contributed by atoms with van der Waals surface area (Å²) in [6.07, 6.45) is 3.06. The molecule has 1 heterocycles. The number of nitrogens with zero attached hydrogens (tertiary/aromatic N) is 2. The van der Waals surface area contributed by atoms with Crippen LogP contribution in [0.2, 0.25) is 0 Å². The molecule has 0 saturated carbocycles. The predicted octanol–water partition coefficient (Wildman–Crippen LogP) is 2.64. The number of carbonyl (C=O) groups excluding carboxylic acids is 1. The second kappa shape index (κ2) is 9.47. The Morgan fingerprint density at radius 3 is 2.47 bits per heavy atom. The first-order chi connectivity index (χ1) is 15.7. The van der Waals surface area contributed by atoms with Gasteiger partial charge in [0.2, 0.25) is 0 Å². The number of aryl methyl sites for hydroxylation is 1. The number of hydrogen-bond acceptors (Lipinski definition) is 7. The van der Waals surface area contributed by atoms with Crippen LogP contribution in [0.4, 0.5) is 21.6 Å². The predicted molar refractivity (Wildman–Crippen MR) is 138 cm³/mol. The molecule has 2 unspecified atom stereocenters. The number of ether oxygens (including phenoxy) is 1. The van der Waals surface area contributed by atoms with Crippen molar-refractivity contribution in [3.63, 3.8) is 0 Å². The van der Waals surface area contributed by atoms with E-state index in [4.69, 9.17) is 4.74 Å². The fraction of sp³-hybridized carbons (Fsp3) is 0.227. The third kappa shape index (κ3) is 6.58. The molecule has 3 aromatic rings. The van der Waals surface area contributed by atoms with Gasteiger partial charge < -0.3 is 14.8 Å². The van der Waals surface area contributed by atoms with E-state index in [0.717, 1.165) is 11.6 Å². The molecular weight excluding hydrogens is 481 g/mol. The minimum atomic E-state index is -2.79. The lowest BCUT2D eigenvalue weighted by atomic mass is 10.1. The second-order valence-electron chi connectivity index (χ2n) is 8.01. The minimum Gasteiger partial charge on any atom is -0.479 e. The van der Waals surface area contributed by atoms with Crippen molar-refractivity contribution in [1.29, 1.82) is 0 Å². The molecule has 1 aromatic heterocycles. The molecule has 9 nitrogen and oxygen atoms in total. The molecule has 3 atom stereocenters. The fourth-order valence-corrected chi connectivity index (χ4v) is 4.37. The molecule has 0 aliphatic rings. The first-order valence-corrected chi connectivity index (χ1v) is 14.2. The lowest BCUT2D eigenvalue weighted by Gasteiger charge is -2.19. The largest absolute Gasteiger partial charge is 0.479 e. The maximum atomic E-state index is 14.0. The highest BCUT2D eigenvalue weighted by Crippen LogP contribution is 2.33. The van der Waals surface area contributed by atoms with E-state index in [1.54, 1.807) is 12.1 Å². The summed E-state index contributed by atoms with van der Waals surface area (Å²) < 4.78 is 48.6. The van der Waals surface area contributed by atoms with Crippen LogP contribution in [0.3, 0.4) is 0 Å². The molecule has 0 aliphatic carbocycles. The van der Waals surface area contributed by atoms with Crippen LogP contribution in [-0.4, -0.2) is 54.6 Å². The minimum absolute atomic E-state index is 0.0554. The summed E-state index contributed by atoms with van der Waals surface area (Å²) in [6, 6.07) is 7.33. The average Bonchev–Trinajstić information content (AvgIpc) is 2.67. The quantitative estimate of drug-likeness (QED) is 0.401. The topological polar surface area (TPSA) is 122 Å². The van der Waals surface area contributed by atoms with Gasteiger partial charge in [-0.3, -0.25) is 9.52 Å². The molecule has 3 N–H and O–H groups in total. The molecule has 34 heavy (non-hydrogen) atoms. The molecule has 1 amide bonds. The smallest absolute Gasteiger partial charge is 0.271 e. The first-order valence-electron chi connectivity index (χ1n) is 9.94. The van der Waals surface area contributed by atoms with Gasteiger partial charge >= 0.3 is 0 Å². The Labute approximate surface area is 198 Å². The van der Waals surface area contributed by atoms with Gasteiger partial charge in [-0.25, -0.2) is 22.8 Å². The van der Waals surface area contributed by atoms with Crippen molar-refractivity contribution in [3.8, 4) is 5.75 Å². The number of amides is 1. The number of rotatable bonds is 8. The van der Waals surface area contributed by atoms with E-state index in [2.05, 4.69) is 36.5 Å². The monoisotopic (exact) mass is 507 g/mol. The summed E-state index contributed by atoms with van der Waals surface area (Å²) in [4.78, 5) is 20.8. The van der Waals surface area contributed by atoms with Crippen LogP contribution in [0.1, 0.15) is 12.5 Å². The number of anilines is 3. The van der Waals surface area contributed by atoms with Crippen molar-refractivity contribution in [3.05, 3.63) is 48.0 Å². The summed E-state index contributed by atoms with van der Waals surface area (Å²) in [5.74, 6) is 6.23. The van der Waals surface area contributed by atoms with Gasteiger partial charge in [0.25, 0.3) is 5.91 Å². The van der Waals surface area contributed by atoms with E-state index in [-0.39, 0.29) is 5.75 Å². The third-order valence-corrected chi connectivity index (χ3v) is 5.76. The molecule has 12 heteroatoms.